The Hall–Kier alpha value is -2.49. The summed E-state index contributed by atoms with van der Waals surface area (Å²) in [5.41, 5.74) is 1.40. The molecule has 2 aliphatic rings. The van der Waals surface area contributed by atoms with Gasteiger partial charge in [-0.3, -0.25) is 4.79 Å². The normalized spacial score (nSPS) is 18.0. The highest BCUT2D eigenvalue weighted by atomic mass is 32.2. The molecule has 2 saturated heterocycles. The number of nitrogens with zero attached hydrogens (tertiary/aromatic N) is 3. The van der Waals surface area contributed by atoms with Gasteiger partial charge >= 0.3 is 0 Å². The Kier molecular flexibility index (Phi) is 6.84. The highest BCUT2D eigenvalue weighted by Gasteiger charge is 2.26. The van der Waals surface area contributed by atoms with Crippen molar-refractivity contribution in [2.45, 2.75) is 30.7 Å². The van der Waals surface area contributed by atoms with Crippen LogP contribution in [-0.2, 0) is 21.3 Å². The zero-order valence-corrected chi connectivity index (χ0v) is 18.3. The first-order chi connectivity index (χ1) is 15.1. The number of sulfonamides is 1. The molecule has 0 atom stereocenters. The van der Waals surface area contributed by atoms with E-state index in [2.05, 4.69) is 15.2 Å². The lowest BCUT2D eigenvalue weighted by Crippen LogP contribution is -2.40. The van der Waals surface area contributed by atoms with Crippen molar-refractivity contribution in [3.8, 4) is 0 Å². The summed E-state index contributed by atoms with van der Waals surface area (Å²) < 4.78 is 32.1. The highest BCUT2D eigenvalue weighted by molar-refractivity contribution is 7.89. The topological polar surface area (TPSA) is 91.8 Å². The molecule has 1 N–H and O–H groups in total. The zero-order valence-electron chi connectivity index (χ0n) is 17.5. The first-order valence-electron chi connectivity index (χ1n) is 10.7. The van der Waals surface area contributed by atoms with Gasteiger partial charge in [-0.2, -0.15) is 4.31 Å². The monoisotopic (exact) mass is 444 g/mol. The van der Waals surface area contributed by atoms with Crippen LogP contribution in [0.4, 0.5) is 5.82 Å². The van der Waals surface area contributed by atoms with Gasteiger partial charge in [0.25, 0.3) is 5.91 Å². The van der Waals surface area contributed by atoms with Crippen LogP contribution in [0.1, 0.15) is 35.2 Å². The van der Waals surface area contributed by atoms with Crippen molar-refractivity contribution in [3.63, 3.8) is 0 Å². The quantitative estimate of drug-likeness (QED) is 0.733. The molecule has 166 valence electrons. The molecule has 1 amide bonds. The molecular weight excluding hydrogens is 416 g/mol. The molecule has 1 aromatic heterocycles. The van der Waals surface area contributed by atoms with E-state index in [0.717, 1.165) is 37.3 Å². The van der Waals surface area contributed by atoms with E-state index in [9.17, 15) is 13.2 Å². The summed E-state index contributed by atoms with van der Waals surface area (Å²) in [6.07, 6.45) is 5.14. The molecule has 3 heterocycles. The summed E-state index contributed by atoms with van der Waals surface area (Å²) in [5, 5.41) is 2.93. The third kappa shape index (κ3) is 5.06. The number of ether oxygens (including phenoxy) is 1. The molecule has 0 spiro atoms. The number of carbonyl (C=O) groups excluding carboxylic acids is 1. The van der Waals surface area contributed by atoms with Crippen LogP contribution in [0, 0.1) is 0 Å². The van der Waals surface area contributed by atoms with Gasteiger partial charge in [-0.25, -0.2) is 13.4 Å². The van der Waals surface area contributed by atoms with Crippen LogP contribution in [0.25, 0.3) is 0 Å². The lowest BCUT2D eigenvalue weighted by atomic mass is 10.1. The largest absolute Gasteiger partial charge is 0.379 e. The number of carbonyl (C=O) groups is 1. The van der Waals surface area contributed by atoms with Crippen molar-refractivity contribution >= 4 is 21.7 Å². The number of morpholine rings is 1. The Labute approximate surface area is 183 Å². The van der Waals surface area contributed by atoms with E-state index in [4.69, 9.17) is 4.74 Å². The average molecular weight is 445 g/mol. The number of anilines is 1. The SMILES string of the molecule is O=C(NCc1ccc(S(=O)(=O)N2CCOCC2)cc1)c1cccnc1N1CCCCC1. The van der Waals surface area contributed by atoms with Gasteiger partial charge < -0.3 is 15.0 Å². The molecule has 8 nitrogen and oxygen atoms in total. The molecule has 0 unspecified atom stereocenters. The van der Waals surface area contributed by atoms with Crippen molar-refractivity contribution < 1.29 is 17.9 Å². The molecular formula is C22H28N4O4S. The molecule has 0 bridgehead atoms. The Morgan fingerprint density at radius 1 is 1.00 bits per heavy atom. The van der Waals surface area contributed by atoms with E-state index < -0.39 is 10.0 Å². The van der Waals surface area contributed by atoms with Crippen molar-refractivity contribution in [1.29, 1.82) is 0 Å². The second-order valence-corrected chi connectivity index (χ2v) is 9.70. The Morgan fingerprint density at radius 3 is 2.42 bits per heavy atom. The number of amides is 1. The van der Waals surface area contributed by atoms with Gasteiger partial charge in [-0.15, -0.1) is 0 Å². The van der Waals surface area contributed by atoms with E-state index in [0.29, 0.717) is 38.4 Å². The first-order valence-corrected chi connectivity index (χ1v) is 12.1. The molecule has 31 heavy (non-hydrogen) atoms. The third-order valence-corrected chi connectivity index (χ3v) is 7.58. The molecule has 0 saturated carbocycles. The predicted octanol–water partition coefficient (Wildman–Crippen LogP) is 2.02. The van der Waals surface area contributed by atoms with E-state index >= 15 is 0 Å². The first kappa shape index (κ1) is 21.7. The Bertz CT molecular complexity index is 998. The van der Waals surface area contributed by atoms with Gasteiger partial charge in [-0.05, 0) is 49.1 Å². The smallest absolute Gasteiger partial charge is 0.255 e. The van der Waals surface area contributed by atoms with Gasteiger partial charge in [-0.1, -0.05) is 12.1 Å². The van der Waals surface area contributed by atoms with Gasteiger partial charge in [0.1, 0.15) is 5.82 Å². The molecule has 2 fully saturated rings. The molecule has 1 aromatic carbocycles. The number of aromatic nitrogens is 1. The van der Waals surface area contributed by atoms with Crippen molar-refractivity contribution in [2.75, 3.05) is 44.3 Å². The van der Waals surface area contributed by atoms with Gasteiger partial charge in [0, 0.05) is 38.9 Å². The number of rotatable bonds is 6. The number of benzene rings is 1. The summed E-state index contributed by atoms with van der Waals surface area (Å²) >= 11 is 0. The van der Waals surface area contributed by atoms with E-state index in [1.54, 1.807) is 42.6 Å². The van der Waals surface area contributed by atoms with Gasteiger partial charge in [0.2, 0.25) is 10.0 Å². The van der Waals surface area contributed by atoms with E-state index in [1.807, 2.05) is 0 Å². The highest BCUT2D eigenvalue weighted by Crippen LogP contribution is 2.22. The van der Waals surface area contributed by atoms with Crippen LogP contribution >= 0.6 is 0 Å². The van der Waals surface area contributed by atoms with Crippen LogP contribution in [0.2, 0.25) is 0 Å². The van der Waals surface area contributed by atoms with Crippen molar-refractivity contribution in [3.05, 3.63) is 53.7 Å². The fourth-order valence-electron chi connectivity index (χ4n) is 3.92. The van der Waals surface area contributed by atoms with Gasteiger partial charge in [0.15, 0.2) is 0 Å². The summed E-state index contributed by atoms with van der Waals surface area (Å²) in [6.45, 7) is 3.70. The third-order valence-electron chi connectivity index (χ3n) is 5.67. The minimum atomic E-state index is -3.52. The maximum atomic E-state index is 12.8. The second-order valence-electron chi connectivity index (χ2n) is 7.77. The average Bonchev–Trinajstić information content (AvgIpc) is 2.84. The summed E-state index contributed by atoms with van der Waals surface area (Å²) in [5.74, 6) is 0.547. The van der Waals surface area contributed by atoms with Crippen LogP contribution < -0.4 is 10.2 Å². The maximum Gasteiger partial charge on any atom is 0.255 e. The predicted molar refractivity (Wildman–Crippen MR) is 117 cm³/mol. The van der Waals surface area contributed by atoms with Crippen LogP contribution in [0.15, 0.2) is 47.5 Å². The molecule has 2 aromatic rings. The molecule has 2 aliphatic heterocycles. The number of pyridine rings is 1. The minimum Gasteiger partial charge on any atom is -0.379 e. The zero-order chi connectivity index (χ0) is 21.7. The lowest BCUT2D eigenvalue weighted by molar-refractivity contribution is 0.0730. The molecule has 0 radical (unpaired) electrons. The van der Waals surface area contributed by atoms with Crippen LogP contribution in [-0.4, -0.2) is 63.0 Å². The number of piperidine rings is 1. The number of hydrogen-bond acceptors (Lipinski definition) is 6. The number of nitrogens with one attached hydrogen (secondary N) is 1. The van der Waals surface area contributed by atoms with Crippen molar-refractivity contribution in [1.82, 2.24) is 14.6 Å². The number of hydrogen-bond donors (Lipinski definition) is 1. The van der Waals surface area contributed by atoms with E-state index in [1.165, 1.54) is 10.7 Å². The minimum absolute atomic E-state index is 0.182. The fraction of sp³-hybridized carbons (Fsp3) is 0.455. The Morgan fingerprint density at radius 2 is 1.71 bits per heavy atom. The van der Waals surface area contributed by atoms with Crippen LogP contribution in [0.5, 0.6) is 0 Å². The van der Waals surface area contributed by atoms with Gasteiger partial charge in [0.05, 0.1) is 23.7 Å². The summed E-state index contributed by atoms with van der Waals surface area (Å²) in [7, 11) is -3.52. The summed E-state index contributed by atoms with van der Waals surface area (Å²) in [4.78, 5) is 19.7. The summed E-state index contributed by atoms with van der Waals surface area (Å²) in [6, 6.07) is 10.2. The maximum absolute atomic E-state index is 12.8. The van der Waals surface area contributed by atoms with Crippen molar-refractivity contribution in [2.24, 2.45) is 0 Å². The molecule has 0 aliphatic carbocycles. The van der Waals surface area contributed by atoms with Crippen LogP contribution in [0.3, 0.4) is 0 Å². The van der Waals surface area contributed by atoms with E-state index in [-0.39, 0.29) is 10.8 Å². The standard InChI is InChI=1S/C22H28N4O4S/c27-22(20-5-4-10-23-21(20)25-11-2-1-3-12-25)24-17-18-6-8-19(9-7-18)31(28,29)26-13-15-30-16-14-26/h4-10H,1-3,11-17H2,(H,24,27). The molecule has 4 rings (SSSR count). The molecule has 9 heteroatoms. The second kappa shape index (κ2) is 9.76. The fourth-order valence-corrected chi connectivity index (χ4v) is 5.33. The lowest BCUT2D eigenvalue weighted by Gasteiger charge is -2.29. The Balaban J connectivity index is 1.40.